The maximum Gasteiger partial charge on any atom is 0.323 e. The van der Waals surface area contributed by atoms with E-state index in [2.05, 4.69) is 5.32 Å². The highest BCUT2D eigenvalue weighted by Crippen LogP contribution is 2.25. The van der Waals surface area contributed by atoms with Gasteiger partial charge in [0.15, 0.2) is 0 Å². The molecule has 0 radical (unpaired) electrons. The lowest BCUT2D eigenvalue weighted by Crippen LogP contribution is -2.50. The fraction of sp³-hybridized carbons (Fsp3) is 0.562. The van der Waals surface area contributed by atoms with Gasteiger partial charge in [0.2, 0.25) is 0 Å². The van der Waals surface area contributed by atoms with Gasteiger partial charge < -0.3 is 10.0 Å². The second-order valence-corrected chi connectivity index (χ2v) is 6.03. The molecule has 1 unspecified atom stereocenters. The van der Waals surface area contributed by atoms with E-state index in [4.69, 9.17) is 0 Å². The number of nitrogens with zero attached hydrogens (tertiary/aromatic N) is 1. The molecule has 5 heteroatoms. The van der Waals surface area contributed by atoms with E-state index in [-0.39, 0.29) is 5.82 Å². The van der Waals surface area contributed by atoms with E-state index in [9.17, 15) is 14.3 Å². The molecule has 4 nitrogen and oxygen atoms in total. The summed E-state index contributed by atoms with van der Waals surface area (Å²) < 4.78 is 13.7. The van der Waals surface area contributed by atoms with Gasteiger partial charge in [0, 0.05) is 19.6 Å². The molecule has 0 saturated heterocycles. The van der Waals surface area contributed by atoms with Gasteiger partial charge in [-0.2, -0.15) is 0 Å². The molecular formula is C16H23FN2O2. The molecule has 0 bridgehead atoms. The summed E-state index contributed by atoms with van der Waals surface area (Å²) in [5.41, 5.74) is -0.346. The molecular weight excluding hydrogens is 271 g/mol. The first-order chi connectivity index (χ1) is 9.92. The first-order valence-electron chi connectivity index (χ1n) is 7.39. The number of hydrogen-bond acceptors (Lipinski definition) is 3. The largest absolute Gasteiger partial charge is 0.480 e. The molecule has 0 heterocycles. The number of rotatable bonds is 8. The van der Waals surface area contributed by atoms with Crippen molar-refractivity contribution in [2.75, 3.05) is 18.5 Å². The molecule has 1 aliphatic carbocycles. The highest BCUT2D eigenvalue weighted by Gasteiger charge is 2.37. The monoisotopic (exact) mass is 294 g/mol. The van der Waals surface area contributed by atoms with Gasteiger partial charge in [0.1, 0.15) is 11.4 Å². The molecule has 0 amide bonds. The molecule has 1 fully saturated rings. The Bertz CT molecular complexity index is 505. The Labute approximate surface area is 125 Å². The molecule has 21 heavy (non-hydrogen) atoms. The van der Waals surface area contributed by atoms with E-state index >= 15 is 0 Å². The number of carbonyl (C=O) groups is 1. The van der Waals surface area contributed by atoms with Gasteiger partial charge in [-0.15, -0.1) is 0 Å². The van der Waals surface area contributed by atoms with E-state index in [0.29, 0.717) is 31.1 Å². The first-order valence-corrected chi connectivity index (χ1v) is 7.39. The lowest BCUT2D eigenvalue weighted by atomic mass is 9.95. The van der Waals surface area contributed by atoms with E-state index in [0.717, 1.165) is 12.8 Å². The third-order valence-electron chi connectivity index (χ3n) is 4.01. The summed E-state index contributed by atoms with van der Waals surface area (Å²) >= 11 is 0. The normalized spacial score (nSPS) is 17.3. The summed E-state index contributed by atoms with van der Waals surface area (Å²) in [5.74, 6) is -1.07. The Morgan fingerprint density at radius 2 is 2.14 bits per heavy atom. The van der Waals surface area contributed by atoms with Crippen molar-refractivity contribution in [2.24, 2.45) is 0 Å². The average molecular weight is 294 g/mol. The Morgan fingerprint density at radius 3 is 2.71 bits per heavy atom. The highest BCUT2D eigenvalue weighted by atomic mass is 19.1. The van der Waals surface area contributed by atoms with Crippen molar-refractivity contribution in [3.8, 4) is 0 Å². The fourth-order valence-corrected chi connectivity index (χ4v) is 2.47. The predicted molar refractivity (Wildman–Crippen MR) is 81.1 cm³/mol. The molecule has 2 N–H and O–H groups in total. The first kappa shape index (κ1) is 15.8. The Hall–Kier alpha value is -1.62. The van der Waals surface area contributed by atoms with Crippen LogP contribution < -0.4 is 10.2 Å². The third kappa shape index (κ3) is 4.17. The second kappa shape index (κ2) is 6.43. The van der Waals surface area contributed by atoms with Gasteiger partial charge >= 0.3 is 5.97 Å². The van der Waals surface area contributed by atoms with Crippen molar-refractivity contribution in [1.29, 1.82) is 0 Å². The van der Waals surface area contributed by atoms with Crippen LogP contribution in [-0.2, 0) is 4.79 Å². The predicted octanol–water partition coefficient (Wildman–Crippen LogP) is 2.64. The molecule has 1 saturated carbocycles. The van der Waals surface area contributed by atoms with Crippen LogP contribution in [0.25, 0.3) is 0 Å². The Morgan fingerprint density at radius 1 is 1.48 bits per heavy atom. The molecule has 2 rings (SSSR count). The number of anilines is 1. The molecule has 0 aliphatic heterocycles. The van der Waals surface area contributed by atoms with Crippen molar-refractivity contribution in [3.63, 3.8) is 0 Å². The fourth-order valence-electron chi connectivity index (χ4n) is 2.47. The minimum absolute atomic E-state index is 0.253. The SMILES string of the molecule is CN(CCCC(C)(NC1CC1)C(=O)O)c1ccccc1F. The molecule has 116 valence electrons. The quantitative estimate of drug-likeness (QED) is 0.774. The van der Waals surface area contributed by atoms with Crippen LogP contribution in [-0.4, -0.2) is 36.2 Å². The Kier molecular flexibility index (Phi) is 4.83. The van der Waals surface area contributed by atoms with Gasteiger partial charge in [-0.3, -0.25) is 10.1 Å². The molecule has 1 aromatic rings. The summed E-state index contributed by atoms with van der Waals surface area (Å²) in [4.78, 5) is 13.3. The van der Waals surface area contributed by atoms with E-state index in [1.54, 1.807) is 25.1 Å². The van der Waals surface area contributed by atoms with Crippen molar-refractivity contribution in [2.45, 2.75) is 44.2 Å². The smallest absolute Gasteiger partial charge is 0.323 e. The third-order valence-corrected chi connectivity index (χ3v) is 4.01. The zero-order valence-corrected chi connectivity index (χ0v) is 12.6. The molecule has 0 spiro atoms. The van der Waals surface area contributed by atoms with Gasteiger partial charge in [0.25, 0.3) is 0 Å². The second-order valence-electron chi connectivity index (χ2n) is 6.03. The number of carboxylic acids is 1. The number of halogens is 1. The molecule has 1 atom stereocenters. The van der Waals surface area contributed by atoms with Crippen LogP contribution in [0.2, 0.25) is 0 Å². The maximum atomic E-state index is 13.7. The van der Waals surface area contributed by atoms with Crippen LogP contribution in [0.5, 0.6) is 0 Å². The minimum atomic E-state index is -0.892. The van der Waals surface area contributed by atoms with Gasteiger partial charge in [0.05, 0.1) is 5.69 Å². The van der Waals surface area contributed by atoms with Crippen LogP contribution in [0, 0.1) is 5.82 Å². The van der Waals surface area contributed by atoms with Gasteiger partial charge in [-0.1, -0.05) is 12.1 Å². The standard InChI is InChI=1S/C16H23FN2O2/c1-16(15(20)21,18-12-8-9-12)10-5-11-19(2)14-7-4-3-6-13(14)17/h3-4,6-7,12,18H,5,8-11H2,1-2H3,(H,20,21). The molecule has 0 aromatic heterocycles. The number of nitrogens with one attached hydrogen (secondary N) is 1. The summed E-state index contributed by atoms with van der Waals surface area (Å²) in [6.45, 7) is 2.35. The number of para-hydroxylation sites is 1. The van der Waals surface area contributed by atoms with E-state index in [1.165, 1.54) is 6.07 Å². The van der Waals surface area contributed by atoms with E-state index in [1.807, 2.05) is 11.9 Å². The van der Waals surface area contributed by atoms with Gasteiger partial charge in [-0.25, -0.2) is 4.39 Å². The van der Waals surface area contributed by atoms with Crippen molar-refractivity contribution in [3.05, 3.63) is 30.1 Å². The number of carboxylic acid groups (broad SMARTS) is 1. The van der Waals surface area contributed by atoms with Crippen LogP contribution in [0.3, 0.4) is 0 Å². The Balaban J connectivity index is 1.87. The van der Waals surface area contributed by atoms with Gasteiger partial charge in [-0.05, 0) is 44.7 Å². The zero-order valence-electron chi connectivity index (χ0n) is 12.6. The van der Waals surface area contributed by atoms with Crippen LogP contribution >= 0.6 is 0 Å². The van der Waals surface area contributed by atoms with Crippen molar-refractivity contribution < 1.29 is 14.3 Å². The minimum Gasteiger partial charge on any atom is -0.480 e. The molecule has 1 aliphatic rings. The topological polar surface area (TPSA) is 52.6 Å². The van der Waals surface area contributed by atoms with Crippen LogP contribution in [0.1, 0.15) is 32.6 Å². The lowest BCUT2D eigenvalue weighted by molar-refractivity contribution is -0.144. The lowest BCUT2D eigenvalue weighted by Gasteiger charge is -2.28. The van der Waals surface area contributed by atoms with E-state index < -0.39 is 11.5 Å². The number of hydrogen-bond donors (Lipinski definition) is 2. The molecule has 1 aromatic carbocycles. The summed E-state index contributed by atoms with van der Waals surface area (Å²) in [6.07, 6.45) is 3.32. The highest BCUT2D eigenvalue weighted by molar-refractivity contribution is 5.78. The summed E-state index contributed by atoms with van der Waals surface area (Å²) in [6, 6.07) is 6.96. The summed E-state index contributed by atoms with van der Waals surface area (Å²) in [7, 11) is 1.82. The summed E-state index contributed by atoms with van der Waals surface area (Å²) in [5, 5.41) is 12.6. The average Bonchev–Trinajstić information content (AvgIpc) is 3.22. The van der Waals surface area contributed by atoms with Crippen LogP contribution in [0.15, 0.2) is 24.3 Å². The van der Waals surface area contributed by atoms with Crippen LogP contribution in [0.4, 0.5) is 10.1 Å². The number of benzene rings is 1. The zero-order chi connectivity index (χ0) is 15.5. The maximum absolute atomic E-state index is 13.7. The van der Waals surface area contributed by atoms with Crippen molar-refractivity contribution in [1.82, 2.24) is 5.32 Å². The number of aliphatic carboxylic acids is 1. The van der Waals surface area contributed by atoms with Crippen molar-refractivity contribution >= 4 is 11.7 Å².